The number of rotatable bonds is 10. The number of hydrogen-bond donors (Lipinski definition) is 4. The van der Waals surface area contributed by atoms with E-state index >= 15 is 0 Å². The fourth-order valence-electron chi connectivity index (χ4n) is 2.87. The molecule has 0 bridgehead atoms. The van der Waals surface area contributed by atoms with Crippen molar-refractivity contribution in [3.8, 4) is 0 Å². The predicted octanol–water partition coefficient (Wildman–Crippen LogP) is 3.15. The number of nitrogens with zero attached hydrogens (tertiary/aromatic N) is 3. The fraction of sp³-hybridized carbons (Fsp3) is 0.250. The average Bonchev–Trinajstić information content (AvgIpc) is 3.41. The monoisotopic (exact) mass is 377 g/mol. The van der Waals surface area contributed by atoms with Crippen LogP contribution < -0.4 is 16.0 Å². The normalized spacial score (nSPS) is 11.0. The summed E-state index contributed by atoms with van der Waals surface area (Å²) in [6.07, 6.45) is 4.25. The first-order valence-corrected chi connectivity index (χ1v) is 9.34. The first-order valence-electron chi connectivity index (χ1n) is 9.34. The van der Waals surface area contributed by atoms with Crippen LogP contribution in [0, 0.1) is 0 Å². The van der Waals surface area contributed by atoms with Crippen molar-refractivity contribution in [3.63, 3.8) is 0 Å². The third-order valence-electron chi connectivity index (χ3n) is 4.28. The van der Waals surface area contributed by atoms with Crippen LogP contribution in [0.15, 0.2) is 59.5 Å². The Labute approximate surface area is 162 Å². The van der Waals surface area contributed by atoms with E-state index < -0.39 is 0 Å². The summed E-state index contributed by atoms with van der Waals surface area (Å²) in [6, 6.07) is 14.1. The largest absolute Gasteiger partial charge is 0.467 e. The Morgan fingerprint density at radius 2 is 1.86 bits per heavy atom. The number of benzene rings is 1. The molecule has 28 heavy (non-hydrogen) atoms. The molecule has 0 saturated carbocycles. The maximum Gasteiger partial charge on any atom is 0.227 e. The number of nitrogens with one attached hydrogen (secondary N) is 4. The van der Waals surface area contributed by atoms with Gasteiger partial charge in [-0.05, 0) is 30.7 Å². The molecule has 0 fully saturated rings. The number of hydrogen-bond acceptors (Lipinski definition) is 7. The average molecular weight is 377 g/mol. The highest BCUT2D eigenvalue weighted by molar-refractivity contribution is 5.83. The van der Waals surface area contributed by atoms with Crippen molar-refractivity contribution in [3.05, 3.63) is 66.4 Å². The third-order valence-corrected chi connectivity index (χ3v) is 4.28. The lowest BCUT2D eigenvalue weighted by molar-refractivity contribution is 0.517. The van der Waals surface area contributed by atoms with E-state index in [-0.39, 0.29) is 0 Å². The van der Waals surface area contributed by atoms with Gasteiger partial charge in [0, 0.05) is 13.1 Å². The number of H-pyrrole nitrogens is 1. The molecular weight excluding hydrogens is 354 g/mol. The molecule has 3 heterocycles. The zero-order chi connectivity index (χ0) is 19.0. The van der Waals surface area contributed by atoms with Gasteiger partial charge in [-0.2, -0.15) is 9.97 Å². The van der Waals surface area contributed by atoms with Crippen LogP contribution >= 0.6 is 0 Å². The van der Waals surface area contributed by atoms with E-state index in [4.69, 9.17) is 4.42 Å². The summed E-state index contributed by atoms with van der Waals surface area (Å²) in [5.74, 6) is 2.08. The van der Waals surface area contributed by atoms with Crippen molar-refractivity contribution >= 4 is 22.9 Å². The Morgan fingerprint density at radius 1 is 0.929 bits per heavy atom. The first kappa shape index (κ1) is 18.0. The van der Waals surface area contributed by atoms with E-state index in [1.165, 1.54) is 5.56 Å². The van der Waals surface area contributed by atoms with E-state index in [1.807, 2.05) is 18.2 Å². The quantitative estimate of drug-likeness (QED) is 0.315. The van der Waals surface area contributed by atoms with Crippen molar-refractivity contribution in [2.24, 2.45) is 0 Å². The summed E-state index contributed by atoms with van der Waals surface area (Å²) in [5.41, 5.74) is 2.72. The Bertz CT molecular complexity index is 982. The molecule has 0 aliphatic heterocycles. The Balaban J connectivity index is 1.29. The van der Waals surface area contributed by atoms with Gasteiger partial charge in [0.2, 0.25) is 5.95 Å². The second kappa shape index (κ2) is 9.01. The number of anilines is 2. The molecule has 1 aromatic carbocycles. The number of furan rings is 1. The molecule has 4 aromatic rings. The smallest absolute Gasteiger partial charge is 0.227 e. The van der Waals surface area contributed by atoms with Crippen molar-refractivity contribution in [1.82, 2.24) is 25.3 Å². The predicted molar refractivity (Wildman–Crippen MR) is 109 cm³/mol. The highest BCUT2D eigenvalue weighted by atomic mass is 16.3. The second-order valence-electron chi connectivity index (χ2n) is 6.37. The maximum atomic E-state index is 5.33. The SMILES string of the molecule is c1ccc(CNCCCNc2nc(NCc3ccco3)nc3nc[nH]c23)cc1. The third kappa shape index (κ3) is 4.66. The van der Waals surface area contributed by atoms with Crippen LogP contribution in [0.5, 0.6) is 0 Å². The molecule has 0 amide bonds. The lowest BCUT2D eigenvalue weighted by Gasteiger charge is -2.10. The molecule has 0 spiro atoms. The van der Waals surface area contributed by atoms with Crippen LogP contribution in [0.1, 0.15) is 17.7 Å². The Hall–Kier alpha value is -3.39. The van der Waals surface area contributed by atoms with E-state index in [2.05, 4.69) is 60.2 Å². The van der Waals surface area contributed by atoms with Crippen LogP contribution in [0.25, 0.3) is 11.2 Å². The molecule has 3 aromatic heterocycles. The van der Waals surface area contributed by atoms with Gasteiger partial charge in [-0.25, -0.2) is 4.98 Å². The molecular formula is C20H23N7O. The molecule has 0 aliphatic rings. The number of aromatic amines is 1. The van der Waals surface area contributed by atoms with Crippen LogP contribution in [0.2, 0.25) is 0 Å². The topological polar surface area (TPSA) is 104 Å². The van der Waals surface area contributed by atoms with E-state index in [1.54, 1.807) is 12.6 Å². The van der Waals surface area contributed by atoms with Gasteiger partial charge in [-0.15, -0.1) is 0 Å². The van der Waals surface area contributed by atoms with Crippen molar-refractivity contribution in [1.29, 1.82) is 0 Å². The van der Waals surface area contributed by atoms with Crippen LogP contribution in [-0.4, -0.2) is 33.0 Å². The van der Waals surface area contributed by atoms with Crippen LogP contribution in [0.3, 0.4) is 0 Å². The molecule has 144 valence electrons. The zero-order valence-electron chi connectivity index (χ0n) is 15.5. The molecule has 0 aliphatic carbocycles. The highest BCUT2D eigenvalue weighted by Crippen LogP contribution is 2.19. The van der Waals surface area contributed by atoms with E-state index in [0.717, 1.165) is 43.1 Å². The summed E-state index contributed by atoms with van der Waals surface area (Å²) >= 11 is 0. The summed E-state index contributed by atoms with van der Waals surface area (Å²) in [5, 5.41) is 10.0. The minimum atomic E-state index is 0.515. The lowest BCUT2D eigenvalue weighted by Crippen LogP contribution is -2.18. The van der Waals surface area contributed by atoms with Crippen molar-refractivity contribution in [2.75, 3.05) is 23.7 Å². The summed E-state index contributed by atoms with van der Waals surface area (Å²) in [7, 11) is 0. The van der Waals surface area contributed by atoms with Gasteiger partial charge >= 0.3 is 0 Å². The van der Waals surface area contributed by atoms with Gasteiger partial charge in [-0.1, -0.05) is 30.3 Å². The Morgan fingerprint density at radius 3 is 2.71 bits per heavy atom. The van der Waals surface area contributed by atoms with Crippen LogP contribution in [0.4, 0.5) is 11.8 Å². The molecule has 4 N–H and O–H groups in total. The summed E-state index contributed by atoms with van der Waals surface area (Å²) in [6.45, 7) is 3.11. The minimum Gasteiger partial charge on any atom is -0.467 e. The fourth-order valence-corrected chi connectivity index (χ4v) is 2.87. The van der Waals surface area contributed by atoms with Gasteiger partial charge in [0.05, 0.1) is 19.1 Å². The zero-order valence-corrected chi connectivity index (χ0v) is 15.5. The van der Waals surface area contributed by atoms with Gasteiger partial charge in [-0.3, -0.25) is 0 Å². The molecule has 8 nitrogen and oxygen atoms in total. The number of aromatic nitrogens is 4. The molecule has 0 unspecified atom stereocenters. The van der Waals surface area contributed by atoms with E-state index in [0.29, 0.717) is 18.1 Å². The molecule has 0 saturated heterocycles. The van der Waals surface area contributed by atoms with Crippen molar-refractivity contribution < 1.29 is 4.42 Å². The number of imidazole rings is 1. The Kier molecular flexibility index (Phi) is 5.79. The standard InChI is InChI=1S/C20H23N7O/c1-2-6-15(7-3-1)12-21-9-5-10-22-18-17-19(25-14-24-17)27-20(26-18)23-13-16-8-4-11-28-16/h1-4,6-8,11,14,21H,5,9-10,12-13H2,(H3,22,23,24,25,26,27). The molecule has 0 atom stereocenters. The van der Waals surface area contributed by atoms with Gasteiger partial charge < -0.3 is 25.4 Å². The lowest BCUT2D eigenvalue weighted by atomic mass is 10.2. The highest BCUT2D eigenvalue weighted by Gasteiger charge is 2.10. The molecule has 0 radical (unpaired) electrons. The maximum absolute atomic E-state index is 5.33. The molecule has 8 heteroatoms. The minimum absolute atomic E-state index is 0.515. The van der Waals surface area contributed by atoms with Gasteiger partial charge in [0.1, 0.15) is 11.3 Å². The first-order chi connectivity index (χ1) is 13.9. The van der Waals surface area contributed by atoms with Gasteiger partial charge in [0.25, 0.3) is 0 Å². The summed E-state index contributed by atoms with van der Waals surface area (Å²) in [4.78, 5) is 16.4. The molecule has 4 rings (SSSR count). The van der Waals surface area contributed by atoms with Crippen molar-refractivity contribution in [2.45, 2.75) is 19.5 Å². The van der Waals surface area contributed by atoms with Crippen LogP contribution in [-0.2, 0) is 13.1 Å². The number of fused-ring (bicyclic) bond motifs is 1. The van der Waals surface area contributed by atoms with Gasteiger partial charge in [0.15, 0.2) is 11.5 Å². The second-order valence-corrected chi connectivity index (χ2v) is 6.37. The van der Waals surface area contributed by atoms with E-state index in [9.17, 15) is 0 Å². The summed E-state index contributed by atoms with van der Waals surface area (Å²) < 4.78 is 5.33.